The lowest BCUT2D eigenvalue weighted by molar-refractivity contribution is -0.143. The molecule has 0 radical (unpaired) electrons. The fourth-order valence-electron chi connectivity index (χ4n) is 2.56. The first-order chi connectivity index (χ1) is 9.20. The third-order valence-electron chi connectivity index (χ3n) is 3.46. The fourth-order valence-corrected chi connectivity index (χ4v) is 2.56. The predicted octanol–water partition coefficient (Wildman–Crippen LogP) is 2.31. The summed E-state index contributed by atoms with van der Waals surface area (Å²) in [5.41, 5.74) is 2.50. The highest BCUT2D eigenvalue weighted by molar-refractivity contribution is 5.69. The second-order valence-electron chi connectivity index (χ2n) is 4.84. The Balaban J connectivity index is 1.76. The number of fused-ring (bicyclic) bond motifs is 1. The van der Waals surface area contributed by atoms with E-state index in [1.54, 1.807) is 6.07 Å². The Kier molecular flexibility index (Phi) is 4.80. The highest BCUT2D eigenvalue weighted by Crippen LogP contribution is 2.33. The van der Waals surface area contributed by atoms with E-state index in [2.05, 4.69) is 5.32 Å². The molecule has 0 bridgehead atoms. The average molecular weight is 263 g/mol. The van der Waals surface area contributed by atoms with Gasteiger partial charge in [-0.25, -0.2) is 0 Å². The lowest BCUT2D eigenvalue weighted by atomic mass is 10.1. The van der Waals surface area contributed by atoms with Crippen LogP contribution < -0.4 is 5.32 Å². The van der Waals surface area contributed by atoms with Gasteiger partial charge in [0, 0.05) is 12.5 Å². The van der Waals surface area contributed by atoms with Gasteiger partial charge in [-0.1, -0.05) is 6.07 Å². The number of benzene rings is 1. The molecule has 0 heterocycles. The molecule has 1 aromatic carbocycles. The number of phenolic OH excluding ortho intramolecular Hbond substituents is 1. The Morgan fingerprint density at radius 3 is 3.16 bits per heavy atom. The highest BCUT2D eigenvalue weighted by Gasteiger charge is 2.21. The number of hydrogen-bond donors (Lipinski definition) is 2. The third kappa shape index (κ3) is 3.70. The normalized spacial score (nSPS) is 17.2. The summed E-state index contributed by atoms with van der Waals surface area (Å²) in [5, 5.41) is 12.9. The van der Waals surface area contributed by atoms with E-state index in [1.807, 2.05) is 19.1 Å². The minimum Gasteiger partial charge on any atom is -0.508 e. The molecule has 0 saturated carbocycles. The Hall–Kier alpha value is -1.55. The van der Waals surface area contributed by atoms with Gasteiger partial charge in [0.05, 0.1) is 6.61 Å². The smallest absolute Gasteiger partial charge is 0.305 e. The van der Waals surface area contributed by atoms with Crippen LogP contribution in [0.4, 0.5) is 0 Å². The fraction of sp³-hybridized carbons (Fsp3) is 0.533. The Morgan fingerprint density at radius 2 is 2.37 bits per heavy atom. The molecule has 19 heavy (non-hydrogen) atoms. The molecule has 1 aliphatic carbocycles. The maximum atomic E-state index is 11.2. The van der Waals surface area contributed by atoms with Gasteiger partial charge in [-0.05, 0) is 56.0 Å². The van der Waals surface area contributed by atoms with Crippen molar-refractivity contribution < 1.29 is 14.6 Å². The Labute approximate surface area is 113 Å². The van der Waals surface area contributed by atoms with Crippen molar-refractivity contribution in [2.24, 2.45) is 0 Å². The van der Waals surface area contributed by atoms with Gasteiger partial charge in [0.25, 0.3) is 0 Å². The quantitative estimate of drug-likeness (QED) is 0.611. The van der Waals surface area contributed by atoms with Crippen LogP contribution in [0.5, 0.6) is 5.75 Å². The molecule has 0 saturated heterocycles. The largest absolute Gasteiger partial charge is 0.508 e. The molecule has 4 nitrogen and oxygen atoms in total. The molecule has 2 N–H and O–H groups in total. The van der Waals surface area contributed by atoms with Crippen molar-refractivity contribution in [2.75, 3.05) is 13.2 Å². The topological polar surface area (TPSA) is 58.6 Å². The van der Waals surface area contributed by atoms with Crippen LogP contribution in [0, 0.1) is 0 Å². The minimum absolute atomic E-state index is 0.124. The summed E-state index contributed by atoms with van der Waals surface area (Å²) < 4.78 is 4.89. The lowest BCUT2D eigenvalue weighted by Gasteiger charge is -2.13. The molecule has 1 atom stereocenters. The van der Waals surface area contributed by atoms with Gasteiger partial charge < -0.3 is 15.2 Å². The SMILES string of the molecule is CCOC(=O)CCCNC1CCc2cc(O)ccc21. The Bertz CT molecular complexity index is 445. The molecule has 1 aromatic rings. The summed E-state index contributed by atoms with van der Waals surface area (Å²) in [6.07, 6.45) is 3.32. The maximum absolute atomic E-state index is 11.2. The van der Waals surface area contributed by atoms with Crippen molar-refractivity contribution in [1.29, 1.82) is 0 Å². The number of hydrogen-bond acceptors (Lipinski definition) is 4. The Morgan fingerprint density at radius 1 is 1.53 bits per heavy atom. The zero-order valence-corrected chi connectivity index (χ0v) is 11.3. The van der Waals surface area contributed by atoms with Crippen LogP contribution in [-0.4, -0.2) is 24.2 Å². The zero-order valence-electron chi connectivity index (χ0n) is 11.3. The van der Waals surface area contributed by atoms with Gasteiger partial charge in [0.1, 0.15) is 5.75 Å². The third-order valence-corrected chi connectivity index (χ3v) is 3.46. The van der Waals surface area contributed by atoms with E-state index in [0.29, 0.717) is 24.8 Å². The first-order valence-electron chi connectivity index (χ1n) is 6.91. The van der Waals surface area contributed by atoms with Crippen molar-refractivity contribution in [2.45, 2.75) is 38.6 Å². The average Bonchev–Trinajstić information content (AvgIpc) is 2.77. The molecule has 0 fully saturated rings. The number of esters is 1. The van der Waals surface area contributed by atoms with Crippen molar-refractivity contribution in [3.63, 3.8) is 0 Å². The standard InChI is InChI=1S/C15H21NO3/c1-2-19-15(18)4-3-9-16-14-8-5-11-10-12(17)6-7-13(11)14/h6-7,10,14,16-17H,2-5,8-9H2,1H3. The summed E-state index contributed by atoms with van der Waals surface area (Å²) in [6.45, 7) is 3.08. The second-order valence-corrected chi connectivity index (χ2v) is 4.84. The summed E-state index contributed by atoms with van der Waals surface area (Å²) in [6, 6.07) is 5.91. The highest BCUT2D eigenvalue weighted by atomic mass is 16.5. The van der Waals surface area contributed by atoms with Crippen molar-refractivity contribution in [3.05, 3.63) is 29.3 Å². The van der Waals surface area contributed by atoms with Gasteiger partial charge in [0.2, 0.25) is 0 Å². The molecule has 1 unspecified atom stereocenters. The van der Waals surface area contributed by atoms with Gasteiger partial charge in [0.15, 0.2) is 0 Å². The van der Waals surface area contributed by atoms with Crippen LogP contribution in [-0.2, 0) is 16.0 Å². The summed E-state index contributed by atoms with van der Waals surface area (Å²) in [4.78, 5) is 11.2. The lowest BCUT2D eigenvalue weighted by Crippen LogP contribution is -2.21. The minimum atomic E-state index is -0.124. The van der Waals surface area contributed by atoms with Crippen LogP contribution in [0.25, 0.3) is 0 Å². The van der Waals surface area contributed by atoms with Crippen LogP contribution in [0.2, 0.25) is 0 Å². The van der Waals surface area contributed by atoms with Gasteiger partial charge >= 0.3 is 5.97 Å². The van der Waals surface area contributed by atoms with E-state index in [4.69, 9.17) is 4.74 Å². The molecule has 0 spiro atoms. The molecule has 0 amide bonds. The monoisotopic (exact) mass is 263 g/mol. The molecule has 0 aliphatic heterocycles. The number of rotatable bonds is 6. The molecule has 2 rings (SSSR count). The number of aryl methyl sites for hydroxylation is 1. The van der Waals surface area contributed by atoms with E-state index < -0.39 is 0 Å². The van der Waals surface area contributed by atoms with Crippen molar-refractivity contribution >= 4 is 5.97 Å². The summed E-state index contributed by atoms with van der Waals surface area (Å²) >= 11 is 0. The molecule has 0 aromatic heterocycles. The van der Waals surface area contributed by atoms with E-state index >= 15 is 0 Å². The van der Waals surface area contributed by atoms with Crippen LogP contribution in [0.15, 0.2) is 18.2 Å². The van der Waals surface area contributed by atoms with Crippen LogP contribution >= 0.6 is 0 Å². The van der Waals surface area contributed by atoms with Crippen LogP contribution in [0.1, 0.15) is 43.4 Å². The van der Waals surface area contributed by atoms with Crippen molar-refractivity contribution in [3.8, 4) is 5.75 Å². The number of aromatic hydroxyl groups is 1. The summed E-state index contributed by atoms with van der Waals surface area (Å²) in [5.74, 6) is 0.211. The second kappa shape index (κ2) is 6.57. The van der Waals surface area contributed by atoms with Gasteiger partial charge in [-0.3, -0.25) is 4.79 Å². The predicted molar refractivity (Wildman–Crippen MR) is 73.0 cm³/mol. The van der Waals surface area contributed by atoms with E-state index in [1.165, 1.54) is 11.1 Å². The van der Waals surface area contributed by atoms with Gasteiger partial charge in [-0.2, -0.15) is 0 Å². The first kappa shape index (κ1) is 13.9. The van der Waals surface area contributed by atoms with Crippen molar-refractivity contribution in [1.82, 2.24) is 5.32 Å². The maximum Gasteiger partial charge on any atom is 0.305 e. The van der Waals surface area contributed by atoms with Gasteiger partial charge in [-0.15, -0.1) is 0 Å². The molecular formula is C15H21NO3. The number of phenols is 1. The molecule has 104 valence electrons. The zero-order chi connectivity index (χ0) is 13.7. The number of ether oxygens (including phenoxy) is 1. The van der Waals surface area contributed by atoms with Crippen LogP contribution in [0.3, 0.4) is 0 Å². The summed E-state index contributed by atoms with van der Waals surface area (Å²) in [7, 11) is 0. The number of nitrogens with one attached hydrogen (secondary N) is 1. The number of carbonyl (C=O) groups excluding carboxylic acids is 1. The number of carbonyl (C=O) groups is 1. The molecular weight excluding hydrogens is 242 g/mol. The van der Waals surface area contributed by atoms with E-state index in [-0.39, 0.29) is 5.97 Å². The molecule has 1 aliphatic rings. The molecule has 4 heteroatoms. The first-order valence-corrected chi connectivity index (χ1v) is 6.91. The van der Waals surface area contributed by atoms with E-state index in [0.717, 1.165) is 25.8 Å². The van der Waals surface area contributed by atoms with E-state index in [9.17, 15) is 9.90 Å².